The molecule has 1 fully saturated rings. The highest BCUT2D eigenvalue weighted by Gasteiger charge is 2.22. The first-order valence-electron chi connectivity index (χ1n) is 9.46. The highest BCUT2D eigenvalue weighted by molar-refractivity contribution is 6.99. The Kier molecular flexibility index (Phi) is 5.66. The fraction of sp³-hybridized carbons (Fsp3) is 0.250. The molecule has 3 aromatic rings. The first-order valence-corrected chi connectivity index (χ1v) is 10.2. The number of hydrogen-bond donors (Lipinski definition) is 3. The number of carbonyl (C=O) groups excluding carboxylic acids is 1. The molecule has 1 aromatic heterocycles. The second-order valence-electron chi connectivity index (χ2n) is 6.85. The Balaban J connectivity index is 1.56. The topological polar surface area (TPSA) is 90.4 Å². The molecule has 2 heterocycles. The molecule has 2 aromatic carbocycles. The van der Waals surface area contributed by atoms with Gasteiger partial charge >= 0.3 is 0 Å². The summed E-state index contributed by atoms with van der Waals surface area (Å²) in [7, 11) is 5.98. The smallest absolute Gasteiger partial charge is 0.257 e. The maximum Gasteiger partial charge on any atom is 0.257 e. The average Bonchev–Trinajstić information content (AvgIpc) is 3.18. The molecule has 2 radical (unpaired) electrons. The number of anilines is 4. The minimum atomic E-state index is -0.155. The average molecular weight is 405 g/mol. The summed E-state index contributed by atoms with van der Waals surface area (Å²) in [5.41, 5.74) is 1.97. The molecule has 3 N–H and O–H groups in total. The third-order valence-corrected chi connectivity index (χ3v) is 5.39. The van der Waals surface area contributed by atoms with Crippen LogP contribution in [0.15, 0.2) is 42.5 Å². The van der Waals surface area contributed by atoms with Gasteiger partial charge in [0, 0.05) is 18.8 Å². The molecule has 1 aliphatic heterocycles. The van der Waals surface area contributed by atoms with Crippen molar-refractivity contribution in [3.8, 4) is 5.75 Å². The van der Waals surface area contributed by atoms with Crippen LogP contribution < -0.4 is 16.1 Å². The van der Waals surface area contributed by atoms with Crippen LogP contribution in [0.1, 0.15) is 29.6 Å². The van der Waals surface area contributed by atoms with Gasteiger partial charge in [0.2, 0.25) is 0 Å². The van der Waals surface area contributed by atoms with Crippen LogP contribution >= 0.6 is 11.7 Å². The molecular formula is C20H20BN5O2S. The van der Waals surface area contributed by atoms with Gasteiger partial charge in [-0.25, -0.2) is 0 Å². The van der Waals surface area contributed by atoms with E-state index in [0.717, 1.165) is 44.1 Å². The number of carbonyl (C=O) groups is 1. The van der Waals surface area contributed by atoms with Crippen LogP contribution in [0.25, 0.3) is 0 Å². The fourth-order valence-corrected chi connectivity index (χ4v) is 3.77. The van der Waals surface area contributed by atoms with Crippen molar-refractivity contribution in [3.05, 3.63) is 48.0 Å². The predicted octanol–water partition coefficient (Wildman–Crippen LogP) is 3.15. The number of aromatic hydroxyl groups is 1. The lowest BCUT2D eigenvalue weighted by atomic mass is 9.94. The maximum atomic E-state index is 12.8. The summed E-state index contributed by atoms with van der Waals surface area (Å²) >= 11 is 1.03. The molecule has 0 saturated carbocycles. The number of rotatable bonds is 5. The lowest BCUT2D eigenvalue weighted by molar-refractivity contribution is 0.0721. The third kappa shape index (κ3) is 4.19. The molecule has 0 aliphatic carbocycles. The highest BCUT2D eigenvalue weighted by atomic mass is 32.1. The van der Waals surface area contributed by atoms with Crippen LogP contribution in [-0.2, 0) is 0 Å². The van der Waals surface area contributed by atoms with E-state index >= 15 is 0 Å². The zero-order chi connectivity index (χ0) is 20.2. The zero-order valence-corrected chi connectivity index (χ0v) is 16.6. The van der Waals surface area contributed by atoms with Crippen LogP contribution in [0, 0.1) is 0 Å². The standard InChI is InChI=1S/C20H20BN5O2S/c21-14-8-2-3-9-15(14)22-18-19(25-29-24-18)23-16-10-6-7-13(17(16)27)20(28)26-11-4-1-5-12-26/h2-3,6-10,27H,1,4-5,11-12H2,(H,22,24)(H,23,25). The summed E-state index contributed by atoms with van der Waals surface area (Å²) in [6, 6.07) is 12.4. The molecule has 0 spiro atoms. The molecule has 9 heteroatoms. The summed E-state index contributed by atoms with van der Waals surface area (Å²) in [6.45, 7) is 1.44. The Bertz CT molecular complexity index is 1020. The van der Waals surface area contributed by atoms with Crippen molar-refractivity contribution in [2.45, 2.75) is 19.3 Å². The Morgan fingerprint density at radius 3 is 2.34 bits per heavy atom. The molecule has 1 amide bonds. The molecular weight excluding hydrogens is 385 g/mol. The Morgan fingerprint density at radius 1 is 0.966 bits per heavy atom. The largest absolute Gasteiger partial charge is 0.505 e. The number of aromatic nitrogens is 2. The summed E-state index contributed by atoms with van der Waals surface area (Å²) < 4.78 is 8.51. The van der Waals surface area contributed by atoms with E-state index in [1.165, 1.54) is 0 Å². The summed E-state index contributed by atoms with van der Waals surface area (Å²) in [4.78, 5) is 14.6. The fourth-order valence-electron chi connectivity index (χ4n) is 3.30. The molecule has 4 rings (SSSR count). The second-order valence-corrected chi connectivity index (χ2v) is 7.38. The van der Waals surface area contributed by atoms with Crippen molar-refractivity contribution in [2.24, 2.45) is 0 Å². The van der Waals surface area contributed by atoms with Gasteiger partial charge in [-0.2, -0.15) is 8.75 Å². The summed E-state index contributed by atoms with van der Waals surface area (Å²) in [5, 5.41) is 16.9. The predicted molar refractivity (Wildman–Crippen MR) is 116 cm³/mol. The minimum absolute atomic E-state index is 0.0961. The van der Waals surface area contributed by atoms with Gasteiger partial charge < -0.3 is 20.6 Å². The highest BCUT2D eigenvalue weighted by Crippen LogP contribution is 2.33. The number of benzene rings is 2. The Morgan fingerprint density at radius 2 is 1.62 bits per heavy atom. The third-order valence-electron chi connectivity index (χ3n) is 4.87. The van der Waals surface area contributed by atoms with E-state index in [1.54, 1.807) is 29.2 Å². The van der Waals surface area contributed by atoms with E-state index in [1.807, 2.05) is 18.2 Å². The quantitative estimate of drug-likeness (QED) is 0.446. The Labute approximate surface area is 174 Å². The molecule has 1 saturated heterocycles. The molecule has 7 nitrogen and oxygen atoms in total. The van der Waals surface area contributed by atoms with E-state index in [0.29, 0.717) is 28.5 Å². The van der Waals surface area contributed by atoms with Crippen LogP contribution in [-0.4, -0.2) is 45.6 Å². The van der Waals surface area contributed by atoms with Gasteiger partial charge in [0.1, 0.15) is 7.85 Å². The van der Waals surface area contributed by atoms with Gasteiger partial charge in [0.15, 0.2) is 17.4 Å². The van der Waals surface area contributed by atoms with Crippen molar-refractivity contribution in [2.75, 3.05) is 23.7 Å². The Hall–Kier alpha value is -3.07. The van der Waals surface area contributed by atoms with Gasteiger partial charge in [-0.15, -0.1) is 0 Å². The number of nitrogens with one attached hydrogen (secondary N) is 2. The van der Waals surface area contributed by atoms with E-state index in [2.05, 4.69) is 19.4 Å². The summed E-state index contributed by atoms with van der Waals surface area (Å²) in [6.07, 6.45) is 3.12. The number of para-hydroxylation sites is 2. The van der Waals surface area contributed by atoms with Crippen LogP contribution in [0.2, 0.25) is 0 Å². The lowest BCUT2D eigenvalue weighted by Gasteiger charge is -2.27. The van der Waals surface area contributed by atoms with Gasteiger partial charge in [0.05, 0.1) is 23.0 Å². The molecule has 0 atom stereocenters. The zero-order valence-electron chi connectivity index (χ0n) is 15.8. The van der Waals surface area contributed by atoms with Crippen molar-refractivity contribution >= 4 is 54.0 Å². The van der Waals surface area contributed by atoms with Crippen molar-refractivity contribution in [1.29, 1.82) is 0 Å². The molecule has 1 aliphatic rings. The van der Waals surface area contributed by atoms with Gasteiger partial charge in [-0.1, -0.05) is 29.7 Å². The van der Waals surface area contributed by atoms with E-state index < -0.39 is 0 Å². The normalized spacial score (nSPS) is 13.9. The number of nitrogens with zero attached hydrogens (tertiary/aromatic N) is 3. The van der Waals surface area contributed by atoms with E-state index in [-0.39, 0.29) is 17.2 Å². The number of amides is 1. The number of hydrogen-bond acceptors (Lipinski definition) is 7. The second kappa shape index (κ2) is 8.52. The molecule has 0 unspecified atom stereocenters. The molecule has 29 heavy (non-hydrogen) atoms. The van der Waals surface area contributed by atoms with E-state index in [9.17, 15) is 9.90 Å². The monoisotopic (exact) mass is 405 g/mol. The lowest BCUT2D eigenvalue weighted by Crippen LogP contribution is -2.35. The van der Waals surface area contributed by atoms with Crippen molar-refractivity contribution in [3.63, 3.8) is 0 Å². The van der Waals surface area contributed by atoms with Gasteiger partial charge in [0.25, 0.3) is 5.91 Å². The first-order chi connectivity index (χ1) is 14.1. The number of phenols is 1. The number of piperidine rings is 1. The summed E-state index contributed by atoms with van der Waals surface area (Å²) in [5.74, 6) is 0.676. The van der Waals surface area contributed by atoms with Gasteiger partial charge in [-0.05, 0) is 37.5 Å². The van der Waals surface area contributed by atoms with Crippen molar-refractivity contribution in [1.82, 2.24) is 13.6 Å². The molecule has 0 bridgehead atoms. The van der Waals surface area contributed by atoms with Crippen LogP contribution in [0.4, 0.5) is 23.0 Å². The minimum Gasteiger partial charge on any atom is -0.505 e. The van der Waals surface area contributed by atoms with E-state index in [4.69, 9.17) is 7.85 Å². The number of likely N-dealkylation sites (tertiary alicyclic amines) is 1. The van der Waals surface area contributed by atoms with Crippen LogP contribution in [0.3, 0.4) is 0 Å². The molecule has 146 valence electrons. The maximum absolute atomic E-state index is 12.8. The number of phenolic OH excluding ortho intramolecular Hbond substituents is 1. The first kappa shape index (κ1) is 19.3. The van der Waals surface area contributed by atoms with Gasteiger partial charge in [-0.3, -0.25) is 4.79 Å². The SMILES string of the molecule is [B]c1ccccc1Nc1nsnc1Nc1cccc(C(=O)N2CCCCC2)c1O. The van der Waals surface area contributed by atoms with Crippen LogP contribution in [0.5, 0.6) is 5.75 Å². The van der Waals surface area contributed by atoms with Crippen molar-refractivity contribution < 1.29 is 9.90 Å².